The molecule has 0 amide bonds. The minimum Gasteiger partial charge on any atom is -0.475 e. The quantitative estimate of drug-likeness (QED) is 0.437. The summed E-state index contributed by atoms with van der Waals surface area (Å²) in [6.07, 6.45) is 0.211. The van der Waals surface area contributed by atoms with Crippen LogP contribution >= 0.6 is 0 Å². The second-order valence-corrected chi connectivity index (χ2v) is 4.83. The van der Waals surface area contributed by atoms with Crippen LogP contribution in [0.4, 0.5) is 19.0 Å². The maximum atomic E-state index is 12.7. The molecule has 5 nitrogen and oxygen atoms in total. The Morgan fingerprint density at radius 1 is 1.29 bits per heavy atom. The van der Waals surface area contributed by atoms with E-state index in [4.69, 9.17) is 10.6 Å². The van der Waals surface area contributed by atoms with Crippen molar-refractivity contribution in [1.29, 1.82) is 0 Å². The zero-order valence-electron chi connectivity index (χ0n) is 12.2. The molecule has 1 heterocycles. The molecule has 0 fully saturated rings. The van der Waals surface area contributed by atoms with Gasteiger partial charge in [0.05, 0.1) is 6.10 Å². The molecule has 3 N–H and O–H groups in total. The Labute approximate surface area is 122 Å². The number of halogens is 3. The van der Waals surface area contributed by atoms with Crippen molar-refractivity contribution in [2.45, 2.75) is 58.2 Å². The van der Waals surface area contributed by atoms with Crippen molar-refractivity contribution >= 4 is 5.82 Å². The summed E-state index contributed by atoms with van der Waals surface area (Å²) in [6, 6.07) is 1.25. The second-order valence-electron chi connectivity index (χ2n) is 4.83. The van der Waals surface area contributed by atoms with Crippen molar-refractivity contribution < 1.29 is 17.9 Å². The standard InChI is InChI=1S/C13H21F3N4O/c1-3-4-5-6-7-9(2)21-11-8-10(20-17)18-12(19-11)13(14,15)16/h8-9H,3-7,17H2,1-2H3,(H,18,19,20). The number of aromatic nitrogens is 2. The number of alkyl halides is 3. The summed E-state index contributed by atoms with van der Waals surface area (Å²) in [5, 5.41) is 0. The number of nitrogens with two attached hydrogens (primary N) is 1. The van der Waals surface area contributed by atoms with Gasteiger partial charge >= 0.3 is 6.18 Å². The maximum Gasteiger partial charge on any atom is 0.451 e. The third-order valence-corrected chi connectivity index (χ3v) is 2.89. The summed E-state index contributed by atoms with van der Waals surface area (Å²) in [6.45, 7) is 3.91. The van der Waals surface area contributed by atoms with Crippen LogP contribution in [0.25, 0.3) is 0 Å². The average molecular weight is 306 g/mol. The fraction of sp³-hybridized carbons (Fsp3) is 0.692. The number of unbranched alkanes of at least 4 members (excludes halogenated alkanes) is 3. The summed E-state index contributed by atoms with van der Waals surface area (Å²) in [5.41, 5.74) is 2.08. The summed E-state index contributed by atoms with van der Waals surface area (Å²) in [5.74, 6) is 3.57. The van der Waals surface area contributed by atoms with Crippen molar-refractivity contribution in [3.63, 3.8) is 0 Å². The van der Waals surface area contributed by atoms with E-state index in [2.05, 4.69) is 22.3 Å². The molecule has 21 heavy (non-hydrogen) atoms. The highest BCUT2D eigenvalue weighted by molar-refractivity contribution is 5.37. The topological polar surface area (TPSA) is 73.1 Å². The number of nitrogens with one attached hydrogen (secondary N) is 1. The predicted octanol–water partition coefficient (Wildman–Crippen LogP) is 3.52. The number of nitrogen functional groups attached to an aromatic ring is 1. The molecule has 0 aliphatic heterocycles. The number of ether oxygens (including phenoxy) is 1. The van der Waals surface area contributed by atoms with Crippen LogP contribution in [0.15, 0.2) is 6.07 Å². The zero-order chi connectivity index (χ0) is 15.9. The number of hydrazine groups is 1. The van der Waals surface area contributed by atoms with E-state index in [1.165, 1.54) is 6.07 Å². The fourth-order valence-corrected chi connectivity index (χ4v) is 1.81. The third-order valence-electron chi connectivity index (χ3n) is 2.89. The first kappa shape index (κ1) is 17.5. The van der Waals surface area contributed by atoms with Crippen LogP contribution in [0.5, 0.6) is 5.88 Å². The summed E-state index contributed by atoms with van der Waals surface area (Å²) < 4.78 is 43.4. The lowest BCUT2D eigenvalue weighted by molar-refractivity contribution is -0.145. The third kappa shape index (κ3) is 6.16. The van der Waals surface area contributed by atoms with E-state index in [0.29, 0.717) is 0 Å². The van der Waals surface area contributed by atoms with Gasteiger partial charge in [0.25, 0.3) is 0 Å². The van der Waals surface area contributed by atoms with Crippen LogP contribution in [-0.4, -0.2) is 16.1 Å². The van der Waals surface area contributed by atoms with E-state index in [1.807, 2.05) is 0 Å². The molecule has 1 aromatic rings. The molecule has 120 valence electrons. The molecule has 0 saturated carbocycles. The largest absolute Gasteiger partial charge is 0.475 e. The molecule has 1 atom stereocenters. The maximum absolute atomic E-state index is 12.7. The van der Waals surface area contributed by atoms with Crippen molar-refractivity contribution in [3.8, 4) is 5.88 Å². The van der Waals surface area contributed by atoms with Crippen LogP contribution < -0.4 is 16.0 Å². The van der Waals surface area contributed by atoms with Gasteiger partial charge < -0.3 is 10.2 Å². The normalized spacial score (nSPS) is 13.0. The highest BCUT2D eigenvalue weighted by Crippen LogP contribution is 2.29. The van der Waals surface area contributed by atoms with Gasteiger partial charge in [-0.25, -0.2) is 10.8 Å². The number of hydrogen-bond acceptors (Lipinski definition) is 5. The average Bonchev–Trinajstić information content (AvgIpc) is 2.42. The van der Waals surface area contributed by atoms with Crippen molar-refractivity contribution in [2.75, 3.05) is 5.43 Å². The van der Waals surface area contributed by atoms with E-state index in [9.17, 15) is 13.2 Å². The highest BCUT2D eigenvalue weighted by atomic mass is 19.4. The Hall–Kier alpha value is -1.57. The monoisotopic (exact) mass is 306 g/mol. The summed E-state index contributed by atoms with van der Waals surface area (Å²) in [4.78, 5) is 6.65. The van der Waals surface area contributed by atoms with Crippen LogP contribution in [0, 0.1) is 0 Å². The molecule has 0 bridgehead atoms. The van der Waals surface area contributed by atoms with Gasteiger partial charge in [0.2, 0.25) is 11.7 Å². The molecular weight excluding hydrogens is 285 g/mol. The summed E-state index contributed by atoms with van der Waals surface area (Å²) in [7, 11) is 0. The lowest BCUT2D eigenvalue weighted by atomic mass is 10.1. The molecule has 0 radical (unpaired) electrons. The highest BCUT2D eigenvalue weighted by Gasteiger charge is 2.35. The Morgan fingerprint density at radius 2 is 2.00 bits per heavy atom. The Bertz CT molecular complexity index is 440. The van der Waals surface area contributed by atoms with Crippen molar-refractivity contribution in [3.05, 3.63) is 11.9 Å². The molecule has 0 aliphatic carbocycles. The Kier molecular flexibility index (Phi) is 6.67. The van der Waals surface area contributed by atoms with Gasteiger partial charge in [-0.05, 0) is 19.8 Å². The molecule has 0 aromatic carbocycles. The fourth-order valence-electron chi connectivity index (χ4n) is 1.81. The van der Waals surface area contributed by atoms with Crippen LogP contribution in [0.3, 0.4) is 0 Å². The molecule has 1 aromatic heterocycles. The molecular formula is C13H21F3N4O. The van der Waals surface area contributed by atoms with Gasteiger partial charge in [-0.2, -0.15) is 18.2 Å². The van der Waals surface area contributed by atoms with Gasteiger partial charge in [-0.1, -0.05) is 26.2 Å². The van der Waals surface area contributed by atoms with Crippen molar-refractivity contribution in [1.82, 2.24) is 9.97 Å². The van der Waals surface area contributed by atoms with Gasteiger partial charge in [-0.15, -0.1) is 0 Å². The molecule has 1 rings (SSSR count). The van der Waals surface area contributed by atoms with Gasteiger partial charge in [0, 0.05) is 6.07 Å². The Balaban J connectivity index is 2.69. The van der Waals surface area contributed by atoms with E-state index in [-0.39, 0.29) is 17.8 Å². The number of rotatable bonds is 8. The predicted molar refractivity (Wildman–Crippen MR) is 73.7 cm³/mol. The van der Waals surface area contributed by atoms with Crippen LogP contribution in [-0.2, 0) is 6.18 Å². The lowest BCUT2D eigenvalue weighted by Crippen LogP contribution is -2.18. The van der Waals surface area contributed by atoms with Gasteiger partial charge in [-0.3, -0.25) is 0 Å². The number of nitrogens with zero attached hydrogens (tertiary/aromatic N) is 2. The minimum atomic E-state index is -4.64. The van der Waals surface area contributed by atoms with Crippen LogP contribution in [0.1, 0.15) is 51.8 Å². The van der Waals surface area contributed by atoms with Crippen molar-refractivity contribution in [2.24, 2.45) is 5.84 Å². The van der Waals surface area contributed by atoms with Gasteiger partial charge in [0.1, 0.15) is 5.82 Å². The Morgan fingerprint density at radius 3 is 2.57 bits per heavy atom. The van der Waals surface area contributed by atoms with E-state index < -0.39 is 12.0 Å². The second kappa shape index (κ2) is 8.02. The lowest BCUT2D eigenvalue weighted by Gasteiger charge is -2.15. The molecule has 8 heteroatoms. The zero-order valence-corrected chi connectivity index (χ0v) is 12.2. The molecule has 0 spiro atoms. The van der Waals surface area contributed by atoms with E-state index >= 15 is 0 Å². The SMILES string of the molecule is CCCCCCC(C)Oc1cc(NN)nc(C(F)(F)F)n1. The smallest absolute Gasteiger partial charge is 0.451 e. The first-order valence-electron chi connectivity index (χ1n) is 6.96. The van der Waals surface area contributed by atoms with E-state index in [0.717, 1.165) is 32.1 Å². The summed E-state index contributed by atoms with van der Waals surface area (Å²) >= 11 is 0. The number of anilines is 1. The molecule has 0 saturated heterocycles. The first-order chi connectivity index (χ1) is 9.86. The first-order valence-corrected chi connectivity index (χ1v) is 6.96. The number of hydrogen-bond donors (Lipinski definition) is 2. The van der Waals surface area contributed by atoms with Gasteiger partial charge in [0.15, 0.2) is 0 Å². The molecule has 1 unspecified atom stereocenters. The molecule has 0 aliphatic rings. The minimum absolute atomic E-state index is 0.131. The van der Waals surface area contributed by atoms with Crippen LogP contribution in [0.2, 0.25) is 0 Å². The van der Waals surface area contributed by atoms with E-state index in [1.54, 1.807) is 6.92 Å².